The van der Waals surface area contributed by atoms with E-state index in [2.05, 4.69) is 0 Å². The van der Waals surface area contributed by atoms with E-state index in [1.54, 1.807) is 12.1 Å². The molecule has 1 atom stereocenters. The lowest BCUT2D eigenvalue weighted by molar-refractivity contribution is -0.112. The van der Waals surface area contributed by atoms with Crippen LogP contribution >= 0.6 is 0 Å². The van der Waals surface area contributed by atoms with Crippen molar-refractivity contribution in [3.8, 4) is 0 Å². The van der Waals surface area contributed by atoms with Gasteiger partial charge in [-0.15, -0.1) is 0 Å². The molecule has 1 unspecified atom stereocenters. The summed E-state index contributed by atoms with van der Waals surface area (Å²) in [6.45, 7) is 3.91. The summed E-state index contributed by atoms with van der Waals surface area (Å²) in [5, 5.41) is 0. The fourth-order valence-electron chi connectivity index (χ4n) is 2.17. The van der Waals surface area contributed by atoms with E-state index in [-0.39, 0.29) is 5.82 Å². The normalized spacial score (nSPS) is 13.8. The maximum atomic E-state index is 13.0. The molecule has 2 heteroatoms. The van der Waals surface area contributed by atoms with Crippen LogP contribution in [0.1, 0.15) is 23.6 Å². The molecule has 0 aliphatic rings. The molecule has 2 aromatic rings. The monoisotopic (exact) mass is 256 g/mol. The fourth-order valence-corrected chi connectivity index (χ4v) is 2.17. The van der Waals surface area contributed by atoms with Crippen LogP contribution in [0.5, 0.6) is 0 Å². The molecule has 0 aliphatic heterocycles. The summed E-state index contributed by atoms with van der Waals surface area (Å²) in [5.74, 6) is -0.285. The highest BCUT2D eigenvalue weighted by Gasteiger charge is 2.26. The molecule has 1 nitrogen and oxygen atoms in total. The van der Waals surface area contributed by atoms with Crippen molar-refractivity contribution < 1.29 is 9.18 Å². The van der Waals surface area contributed by atoms with Crippen molar-refractivity contribution in [2.45, 2.75) is 25.7 Å². The molecule has 0 saturated carbocycles. The van der Waals surface area contributed by atoms with E-state index in [0.29, 0.717) is 6.42 Å². The van der Waals surface area contributed by atoms with E-state index in [1.165, 1.54) is 17.7 Å². The van der Waals surface area contributed by atoms with Crippen molar-refractivity contribution in [1.82, 2.24) is 0 Å². The molecule has 0 radical (unpaired) electrons. The molecule has 0 N–H and O–H groups in total. The first-order valence-electron chi connectivity index (χ1n) is 6.31. The number of halogens is 1. The van der Waals surface area contributed by atoms with Crippen LogP contribution in [0.3, 0.4) is 0 Å². The molecular weight excluding hydrogens is 239 g/mol. The van der Waals surface area contributed by atoms with Crippen LogP contribution in [0.25, 0.3) is 0 Å². The van der Waals surface area contributed by atoms with Gasteiger partial charge in [0.25, 0.3) is 0 Å². The average Bonchev–Trinajstić information content (AvgIpc) is 2.42. The van der Waals surface area contributed by atoms with Gasteiger partial charge in [-0.2, -0.15) is 0 Å². The lowest BCUT2D eigenvalue weighted by Crippen LogP contribution is -2.26. The Bertz CT molecular complexity index is 557. The topological polar surface area (TPSA) is 17.1 Å². The third-order valence-corrected chi connectivity index (χ3v) is 3.46. The minimum absolute atomic E-state index is 0.285. The summed E-state index contributed by atoms with van der Waals surface area (Å²) in [5.41, 5.74) is 2.51. The number of rotatable bonds is 4. The average molecular weight is 256 g/mol. The zero-order valence-corrected chi connectivity index (χ0v) is 11.2. The molecule has 0 heterocycles. The Morgan fingerprint density at radius 2 is 1.63 bits per heavy atom. The van der Waals surface area contributed by atoms with Gasteiger partial charge in [-0.05, 0) is 43.5 Å². The SMILES string of the molecule is Cc1ccc(CC(C)(C=O)c2ccc(F)cc2)cc1. The Morgan fingerprint density at radius 1 is 1.05 bits per heavy atom. The Kier molecular flexibility index (Phi) is 3.79. The van der Waals surface area contributed by atoms with Crippen LogP contribution in [-0.2, 0) is 16.6 Å². The first-order chi connectivity index (χ1) is 9.03. The Morgan fingerprint density at radius 3 is 2.16 bits per heavy atom. The molecule has 0 aliphatic carbocycles. The molecule has 0 bridgehead atoms. The number of carbonyl (C=O) groups is 1. The molecule has 0 saturated heterocycles. The quantitative estimate of drug-likeness (QED) is 0.760. The van der Waals surface area contributed by atoms with Crippen LogP contribution in [0, 0.1) is 12.7 Å². The van der Waals surface area contributed by atoms with Gasteiger partial charge in [0.1, 0.15) is 12.1 Å². The number of hydrogen-bond donors (Lipinski definition) is 0. The summed E-state index contributed by atoms with van der Waals surface area (Å²) >= 11 is 0. The second kappa shape index (κ2) is 5.35. The highest BCUT2D eigenvalue weighted by Crippen LogP contribution is 2.26. The number of aldehydes is 1. The maximum Gasteiger partial charge on any atom is 0.130 e. The molecule has 98 valence electrons. The van der Waals surface area contributed by atoms with Crippen LogP contribution < -0.4 is 0 Å². The second-order valence-electron chi connectivity index (χ2n) is 5.20. The van der Waals surface area contributed by atoms with Gasteiger partial charge in [0.05, 0.1) is 5.41 Å². The lowest BCUT2D eigenvalue weighted by atomic mass is 9.78. The van der Waals surface area contributed by atoms with Gasteiger partial charge in [0.2, 0.25) is 0 Å². The van der Waals surface area contributed by atoms with Crippen molar-refractivity contribution in [3.05, 3.63) is 71.0 Å². The van der Waals surface area contributed by atoms with Crippen LogP contribution in [0.4, 0.5) is 4.39 Å². The predicted octanol–water partition coefficient (Wildman–Crippen LogP) is 3.83. The smallest absolute Gasteiger partial charge is 0.130 e. The summed E-state index contributed by atoms with van der Waals surface area (Å²) < 4.78 is 13.0. The molecule has 2 aromatic carbocycles. The van der Waals surface area contributed by atoms with Gasteiger partial charge in [0, 0.05) is 0 Å². The molecule has 19 heavy (non-hydrogen) atoms. The zero-order chi connectivity index (χ0) is 13.9. The van der Waals surface area contributed by atoms with E-state index in [4.69, 9.17) is 0 Å². The van der Waals surface area contributed by atoms with Gasteiger partial charge in [-0.1, -0.05) is 42.0 Å². The summed E-state index contributed by atoms with van der Waals surface area (Å²) in [6, 6.07) is 14.3. The molecule has 0 aromatic heterocycles. The number of hydrogen-bond acceptors (Lipinski definition) is 1. The van der Waals surface area contributed by atoms with E-state index in [9.17, 15) is 9.18 Å². The predicted molar refractivity (Wildman–Crippen MR) is 74.7 cm³/mol. The van der Waals surface area contributed by atoms with Crippen molar-refractivity contribution in [2.75, 3.05) is 0 Å². The van der Waals surface area contributed by atoms with Crippen LogP contribution in [-0.4, -0.2) is 6.29 Å². The van der Waals surface area contributed by atoms with Crippen molar-refractivity contribution in [2.24, 2.45) is 0 Å². The standard InChI is InChI=1S/C17H17FO/c1-13-3-5-14(6-4-13)11-17(2,12-19)15-7-9-16(18)10-8-15/h3-10,12H,11H2,1-2H3. The third-order valence-electron chi connectivity index (χ3n) is 3.46. The van der Waals surface area contributed by atoms with Gasteiger partial charge >= 0.3 is 0 Å². The van der Waals surface area contributed by atoms with Crippen LogP contribution in [0.2, 0.25) is 0 Å². The molecular formula is C17H17FO. The molecule has 0 spiro atoms. The van der Waals surface area contributed by atoms with Crippen molar-refractivity contribution in [1.29, 1.82) is 0 Å². The first-order valence-corrected chi connectivity index (χ1v) is 6.31. The molecule has 2 rings (SSSR count). The Balaban J connectivity index is 2.29. The van der Waals surface area contributed by atoms with Gasteiger partial charge in [-0.3, -0.25) is 0 Å². The highest BCUT2D eigenvalue weighted by atomic mass is 19.1. The van der Waals surface area contributed by atoms with E-state index in [0.717, 1.165) is 17.4 Å². The Hall–Kier alpha value is -1.96. The van der Waals surface area contributed by atoms with Gasteiger partial charge in [-0.25, -0.2) is 4.39 Å². The second-order valence-corrected chi connectivity index (χ2v) is 5.20. The number of aryl methyl sites for hydroxylation is 1. The lowest BCUT2D eigenvalue weighted by Gasteiger charge is -2.24. The zero-order valence-electron chi connectivity index (χ0n) is 11.2. The number of benzene rings is 2. The Labute approximate surface area is 113 Å². The summed E-state index contributed by atoms with van der Waals surface area (Å²) in [6.07, 6.45) is 1.56. The van der Waals surface area contributed by atoms with E-state index >= 15 is 0 Å². The third kappa shape index (κ3) is 3.08. The summed E-state index contributed by atoms with van der Waals surface area (Å²) in [4.78, 5) is 11.5. The van der Waals surface area contributed by atoms with E-state index < -0.39 is 5.41 Å². The van der Waals surface area contributed by atoms with Crippen LogP contribution in [0.15, 0.2) is 48.5 Å². The molecule has 0 amide bonds. The van der Waals surface area contributed by atoms with Gasteiger partial charge in [0.15, 0.2) is 0 Å². The van der Waals surface area contributed by atoms with Gasteiger partial charge < -0.3 is 4.79 Å². The molecule has 0 fully saturated rings. The largest absolute Gasteiger partial charge is 0.302 e. The maximum absolute atomic E-state index is 13.0. The van der Waals surface area contributed by atoms with Crippen molar-refractivity contribution >= 4 is 6.29 Å². The minimum atomic E-state index is -0.622. The highest BCUT2D eigenvalue weighted by molar-refractivity contribution is 5.68. The first kappa shape index (κ1) is 13.5. The number of carbonyl (C=O) groups excluding carboxylic acids is 1. The summed E-state index contributed by atoms with van der Waals surface area (Å²) in [7, 11) is 0. The fraction of sp³-hybridized carbons (Fsp3) is 0.235. The van der Waals surface area contributed by atoms with E-state index in [1.807, 2.05) is 38.1 Å². The minimum Gasteiger partial charge on any atom is -0.302 e. The van der Waals surface area contributed by atoms with Crippen molar-refractivity contribution in [3.63, 3.8) is 0 Å².